The molecule has 1 aromatic carbocycles. The van der Waals surface area contributed by atoms with Crippen LogP contribution in [0, 0.1) is 12.8 Å². The highest BCUT2D eigenvalue weighted by Gasteiger charge is 2.16. The Morgan fingerprint density at radius 2 is 2.06 bits per heavy atom. The summed E-state index contributed by atoms with van der Waals surface area (Å²) in [5.41, 5.74) is 6.24. The Hall–Kier alpha value is -1.45. The molecule has 0 saturated carbocycles. The van der Waals surface area contributed by atoms with Gasteiger partial charge in [-0.15, -0.1) is 0 Å². The molecule has 2 rings (SSSR count). The van der Waals surface area contributed by atoms with E-state index >= 15 is 0 Å². The number of nitrogens with zero attached hydrogens (tertiary/aromatic N) is 1. The lowest BCUT2D eigenvalue weighted by molar-refractivity contribution is 0.383. The summed E-state index contributed by atoms with van der Waals surface area (Å²) in [4.78, 5) is 4.52. The molecule has 0 aliphatic heterocycles. The summed E-state index contributed by atoms with van der Waals surface area (Å²) in [6.45, 7) is 6.40. The summed E-state index contributed by atoms with van der Waals surface area (Å²) in [5, 5.41) is 1.17. The van der Waals surface area contributed by atoms with E-state index < -0.39 is 0 Å². The Labute approximate surface area is 108 Å². The van der Waals surface area contributed by atoms with E-state index in [-0.39, 0.29) is 6.04 Å². The summed E-state index contributed by atoms with van der Waals surface area (Å²) in [7, 11) is 0. The van der Waals surface area contributed by atoms with E-state index in [4.69, 9.17) is 5.84 Å². The number of nitrogens with two attached hydrogens (primary N) is 1. The van der Waals surface area contributed by atoms with Gasteiger partial charge < -0.3 is 0 Å². The largest absolute Gasteiger partial charge is 0.271 e. The molecule has 3 nitrogen and oxygen atoms in total. The fourth-order valence-electron chi connectivity index (χ4n) is 2.26. The molecule has 96 valence electrons. The number of rotatable bonds is 4. The molecular formula is C15H21N3. The molecular weight excluding hydrogens is 222 g/mol. The summed E-state index contributed by atoms with van der Waals surface area (Å²) >= 11 is 0. The van der Waals surface area contributed by atoms with Crippen molar-refractivity contribution in [1.82, 2.24) is 10.4 Å². The number of fused-ring (bicyclic) bond motifs is 1. The van der Waals surface area contributed by atoms with Gasteiger partial charge in [-0.05, 0) is 36.6 Å². The molecule has 2 unspecified atom stereocenters. The van der Waals surface area contributed by atoms with Crippen LogP contribution in [0.3, 0.4) is 0 Å². The first kappa shape index (κ1) is 13.0. The third kappa shape index (κ3) is 2.52. The molecule has 0 spiro atoms. The molecule has 1 heterocycles. The zero-order valence-corrected chi connectivity index (χ0v) is 11.3. The van der Waals surface area contributed by atoms with E-state index in [0.717, 1.165) is 17.6 Å². The minimum atomic E-state index is 0.195. The topological polar surface area (TPSA) is 50.9 Å². The van der Waals surface area contributed by atoms with Gasteiger partial charge in [0.25, 0.3) is 0 Å². The molecule has 3 N–H and O–H groups in total. The van der Waals surface area contributed by atoms with E-state index in [0.29, 0.717) is 5.92 Å². The number of aryl methyl sites for hydroxylation is 1. The highest BCUT2D eigenvalue weighted by Crippen LogP contribution is 2.26. The zero-order valence-electron chi connectivity index (χ0n) is 11.3. The van der Waals surface area contributed by atoms with Crippen LogP contribution in [0.2, 0.25) is 0 Å². The SMILES string of the molecule is CCC(C)C(NN)c1ccc2nc(C)ccc2c1. The van der Waals surface area contributed by atoms with Crippen LogP contribution in [0.15, 0.2) is 30.3 Å². The number of hydrogen-bond acceptors (Lipinski definition) is 3. The normalized spacial score (nSPS) is 14.7. The van der Waals surface area contributed by atoms with Crippen LogP contribution in [0.1, 0.15) is 37.6 Å². The minimum absolute atomic E-state index is 0.195. The lowest BCUT2D eigenvalue weighted by Gasteiger charge is -2.22. The third-order valence-electron chi connectivity index (χ3n) is 3.60. The molecule has 2 aromatic rings. The molecule has 1 aromatic heterocycles. The Kier molecular flexibility index (Phi) is 3.94. The molecule has 3 heteroatoms. The Morgan fingerprint density at radius 1 is 1.28 bits per heavy atom. The van der Waals surface area contributed by atoms with Crippen LogP contribution < -0.4 is 11.3 Å². The van der Waals surface area contributed by atoms with E-state index in [1.807, 2.05) is 13.0 Å². The molecule has 18 heavy (non-hydrogen) atoms. The molecule has 0 amide bonds. The van der Waals surface area contributed by atoms with Gasteiger partial charge in [0.05, 0.1) is 5.52 Å². The summed E-state index contributed by atoms with van der Waals surface area (Å²) in [6.07, 6.45) is 1.10. The van der Waals surface area contributed by atoms with Gasteiger partial charge in [0.15, 0.2) is 0 Å². The Balaban J connectivity index is 2.42. The number of pyridine rings is 1. The van der Waals surface area contributed by atoms with Crippen LogP contribution >= 0.6 is 0 Å². The predicted molar refractivity (Wildman–Crippen MR) is 76.0 cm³/mol. The Morgan fingerprint density at radius 3 is 2.72 bits per heavy atom. The lowest BCUT2D eigenvalue weighted by atomic mass is 9.92. The van der Waals surface area contributed by atoms with Crippen molar-refractivity contribution in [1.29, 1.82) is 0 Å². The maximum atomic E-state index is 5.68. The molecule has 0 saturated heterocycles. The van der Waals surface area contributed by atoms with Gasteiger partial charge >= 0.3 is 0 Å². The van der Waals surface area contributed by atoms with Gasteiger partial charge in [-0.1, -0.05) is 32.4 Å². The van der Waals surface area contributed by atoms with Crippen molar-refractivity contribution < 1.29 is 0 Å². The van der Waals surface area contributed by atoms with Crippen molar-refractivity contribution in [3.63, 3.8) is 0 Å². The molecule has 0 bridgehead atoms. The van der Waals surface area contributed by atoms with Crippen molar-refractivity contribution in [2.45, 2.75) is 33.2 Å². The van der Waals surface area contributed by atoms with Crippen LogP contribution in [0.5, 0.6) is 0 Å². The molecule has 0 aliphatic carbocycles. The second kappa shape index (κ2) is 5.46. The van der Waals surface area contributed by atoms with Crippen molar-refractivity contribution in [3.05, 3.63) is 41.6 Å². The van der Waals surface area contributed by atoms with Crippen LogP contribution in [-0.2, 0) is 0 Å². The fourth-order valence-corrected chi connectivity index (χ4v) is 2.26. The molecule has 0 aliphatic rings. The quantitative estimate of drug-likeness (QED) is 0.641. The highest BCUT2D eigenvalue weighted by molar-refractivity contribution is 5.79. The highest BCUT2D eigenvalue weighted by atomic mass is 15.2. The van der Waals surface area contributed by atoms with E-state index in [1.165, 1.54) is 10.9 Å². The predicted octanol–water partition coefficient (Wildman–Crippen LogP) is 3.09. The summed E-state index contributed by atoms with van der Waals surface area (Å²) in [5.74, 6) is 6.19. The first-order valence-corrected chi connectivity index (χ1v) is 6.49. The number of nitrogens with one attached hydrogen (secondary N) is 1. The lowest BCUT2D eigenvalue weighted by Crippen LogP contribution is -2.32. The van der Waals surface area contributed by atoms with Crippen LogP contribution in [0.25, 0.3) is 10.9 Å². The number of hydrazine groups is 1. The van der Waals surface area contributed by atoms with Gasteiger partial charge in [-0.2, -0.15) is 0 Å². The number of hydrogen-bond donors (Lipinski definition) is 2. The van der Waals surface area contributed by atoms with Gasteiger partial charge in [0.1, 0.15) is 0 Å². The second-order valence-corrected chi connectivity index (χ2v) is 4.93. The van der Waals surface area contributed by atoms with E-state index in [9.17, 15) is 0 Å². The third-order valence-corrected chi connectivity index (χ3v) is 3.60. The van der Waals surface area contributed by atoms with Crippen molar-refractivity contribution >= 4 is 10.9 Å². The fraction of sp³-hybridized carbons (Fsp3) is 0.400. The van der Waals surface area contributed by atoms with Gasteiger partial charge in [-0.3, -0.25) is 16.3 Å². The van der Waals surface area contributed by atoms with Crippen LogP contribution in [-0.4, -0.2) is 4.98 Å². The first-order chi connectivity index (χ1) is 8.65. The van der Waals surface area contributed by atoms with Crippen LogP contribution in [0.4, 0.5) is 0 Å². The average Bonchev–Trinajstić information content (AvgIpc) is 2.39. The zero-order chi connectivity index (χ0) is 13.1. The minimum Gasteiger partial charge on any atom is -0.271 e. The average molecular weight is 243 g/mol. The molecule has 2 atom stereocenters. The van der Waals surface area contributed by atoms with Crippen molar-refractivity contribution in [3.8, 4) is 0 Å². The number of aromatic nitrogens is 1. The smallest absolute Gasteiger partial charge is 0.0705 e. The van der Waals surface area contributed by atoms with E-state index in [1.54, 1.807) is 0 Å². The maximum absolute atomic E-state index is 5.68. The van der Waals surface area contributed by atoms with Gasteiger partial charge in [0.2, 0.25) is 0 Å². The molecule has 0 fully saturated rings. The maximum Gasteiger partial charge on any atom is 0.0705 e. The first-order valence-electron chi connectivity index (χ1n) is 6.49. The van der Waals surface area contributed by atoms with Gasteiger partial charge in [0, 0.05) is 17.1 Å². The molecule has 0 radical (unpaired) electrons. The van der Waals surface area contributed by atoms with E-state index in [2.05, 4.69) is 48.5 Å². The second-order valence-electron chi connectivity index (χ2n) is 4.93. The summed E-state index contributed by atoms with van der Waals surface area (Å²) in [6, 6.07) is 10.7. The van der Waals surface area contributed by atoms with Crippen molar-refractivity contribution in [2.75, 3.05) is 0 Å². The summed E-state index contributed by atoms with van der Waals surface area (Å²) < 4.78 is 0. The standard InChI is InChI=1S/C15H21N3/c1-4-10(2)15(18-16)13-7-8-14-12(9-13)6-5-11(3)17-14/h5-10,15,18H,4,16H2,1-3H3. The van der Waals surface area contributed by atoms with Crippen molar-refractivity contribution in [2.24, 2.45) is 11.8 Å². The monoisotopic (exact) mass is 243 g/mol. The Bertz CT molecular complexity index is 536. The number of benzene rings is 1. The van der Waals surface area contributed by atoms with Gasteiger partial charge in [-0.25, -0.2) is 0 Å².